The molecule has 0 aliphatic carbocycles. The van der Waals surface area contributed by atoms with Gasteiger partial charge in [0.25, 0.3) is 0 Å². The molecule has 0 rings (SSSR count). The van der Waals surface area contributed by atoms with E-state index in [1.807, 2.05) is 13.8 Å². The molecule has 0 heterocycles. The number of hydrogen-bond donors (Lipinski definition) is 4. The average molecular weight is 260 g/mol. The van der Waals surface area contributed by atoms with E-state index in [9.17, 15) is 14.4 Å². The summed E-state index contributed by atoms with van der Waals surface area (Å²) in [6, 6.07) is -2.16. The molecule has 4 N–H and O–H groups in total. The quantitative estimate of drug-likeness (QED) is 0.473. The number of rotatable bonds is 7. The van der Waals surface area contributed by atoms with Crippen molar-refractivity contribution in [2.24, 2.45) is 5.92 Å². The molecule has 2 atom stereocenters. The predicted molar refractivity (Wildman–Crippen MR) is 63.7 cm³/mol. The van der Waals surface area contributed by atoms with E-state index in [2.05, 4.69) is 10.6 Å². The summed E-state index contributed by atoms with van der Waals surface area (Å²) in [6.07, 6.45) is 0.277. The number of carbonyl (C=O) groups is 3. The summed E-state index contributed by atoms with van der Waals surface area (Å²) >= 11 is 0. The standard InChI is InChI=1S/C11H20N2O5/c1-6(2)4-8(11(17)18)13-10(16)9(5-14)12-7(3)15/h6,8-9,14H,4-5H2,1-3H3,(H,12,15)(H,13,16)(H,17,18)/t8-,9-/m0/s1. The van der Waals surface area contributed by atoms with Gasteiger partial charge in [0.1, 0.15) is 12.1 Å². The van der Waals surface area contributed by atoms with E-state index in [1.54, 1.807) is 0 Å². The molecule has 18 heavy (non-hydrogen) atoms. The third kappa shape index (κ3) is 6.19. The summed E-state index contributed by atoms with van der Waals surface area (Å²) in [6.45, 7) is 4.29. The van der Waals surface area contributed by atoms with Crippen molar-refractivity contribution in [1.29, 1.82) is 0 Å². The lowest BCUT2D eigenvalue weighted by molar-refractivity contribution is -0.142. The SMILES string of the molecule is CC(=O)N[C@@H](CO)C(=O)N[C@@H](CC(C)C)C(=O)O. The van der Waals surface area contributed by atoms with Crippen molar-refractivity contribution in [2.45, 2.75) is 39.3 Å². The summed E-state index contributed by atoms with van der Waals surface area (Å²) in [5.74, 6) is -2.23. The molecule has 0 aliphatic heterocycles. The molecule has 2 amide bonds. The molecule has 7 nitrogen and oxygen atoms in total. The van der Waals surface area contributed by atoms with E-state index in [1.165, 1.54) is 6.92 Å². The third-order valence-corrected chi connectivity index (χ3v) is 2.20. The molecule has 0 saturated carbocycles. The highest BCUT2D eigenvalue weighted by Gasteiger charge is 2.25. The van der Waals surface area contributed by atoms with Crippen LogP contribution in [0.1, 0.15) is 27.2 Å². The number of aliphatic carboxylic acids is 1. The van der Waals surface area contributed by atoms with E-state index in [4.69, 9.17) is 10.2 Å². The maximum Gasteiger partial charge on any atom is 0.326 e. The number of amides is 2. The smallest absolute Gasteiger partial charge is 0.326 e. The second-order valence-corrected chi connectivity index (χ2v) is 4.46. The maximum atomic E-state index is 11.7. The molecule has 0 saturated heterocycles. The molecule has 0 fully saturated rings. The number of nitrogens with one attached hydrogen (secondary N) is 2. The summed E-state index contributed by atoms with van der Waals surface area (Å²) in [7, 11) is 0. The van der Waals surface area contributed by atoms with Gasteiger partial charge in [0.2, 0.25) is 11.8 Å². The van der Waals surface area contributed by atoms with Gasteiger partial charge in [0, 0.05) is 6.92 Å². The molecular weight excluding hydrogens is 240 g/mol. The van der Waals surface area contributed by atoms with Gasteiger partial charge in [-0.15, -0.1) is 0 Å². The summed E-state index contributed by atoms with van der Waals surface area (Å²) in [5, 5.41) is 22.4. The summed E-state index contributed by atoms with van der Waals surface area (Å²) in [4.78, 5) is 33.4. The highest BCUT2D eigenvalue weighted by molar-refractivity contribution is 5.89. The minimum absolute atomic E-state index is 0.0970. The Kier molecular flexibility index (Phi) is 6.96. The van der Waals surface area contributed by atoms with Gasteiger partial charge in [-0.3, -0.25) is 9.59 Å². The first-order chi connectivity index (χ1) is 8.27. The zero-order valence-corrected chi connectivity index (χ0v) is 10.8. The Morgan fingerprint density at radius 1 is 1.11 bits per heavy atom. The van der Waals surface area contributed by atoms with Crippen molar-refractivity contribution in [3.05, 3.63) is 0 Å². The summed E-state index contributed by atoms with van der Waals surface area (Å²) < 4.78 is 0. The zero-order valence-electron chi connectivity index (χ0n) is 10.8. The molecule has 7 heteroatoms. The zero-order chi connectivity index (χ0) is 14.3. The number of carbonyl (C=O) groups excluding carboxylic acids is 2. The predicted octanol–water partition coefficient (Wildman–Crippen LogP) is -0.901. The van der Waals surface area contributed by atoms with Crippen LogP contribution in [0.5, 0.6) is 0 Å². The first-order valence-corrected chi connectivity index (χ1v) is 5.69. The van der Waals surface area contributed by atoms with Crippen LogP contribution in [0.25, 0.3) is 0 Å². The number of carboxylic acids is 1. The minimum atomic E-state index is -1.14. The van der Waals surface area contributed by atoms with Gasteiger partial charge in [-0.2, -0.15) is 0 Å². The van der Waals surface area contributed by atoms with E-state index in [-0.39, 0.29) is 12.3 Å². The Bertz CT molecular complexity index is 317. The second kappa shape index (κ2) is 7.65. The number of aliphatic hydroxyl groups excluding tert-OH is 1. The third-order valence-electron chi connectivity index (χ3n) is 2.20. The molecule has 0 bridgehead atoms. The fourth-order valence-electron chi connectivity index (χ4n) is 1.40. The molecule has 0 radical (unpaired) electrons. The van der Waals surface area contributed by atoms with Gasteiger partial charge >= 0.3 is 5.97 Å². The molecular formula is C11H20N2O5. The first kappa shape index (κ1) is 16.4. The fraction of sp³-hybridized carbons (Fsp3) is 0.727. The Hall–Kier alpha value is -1.63. The lowest BCUT2D eigenvalue weighted by Crippen LogP contribution is -2.53. The second-order valence-electron chi connectivity index (χ2n) is 4.46. The maximum absolute atomic E-state index is 11.7. The highest BCUT2D eigenvalue weighted by Crippen LogP contribution is 2.05. The van der Waals surface area contributed by atoms with Crippen LogP contribution in [0.3, 0.4) is 0 Å². The average Bonchev–Trinajstić information content (AvgIpc) is 2.23. The molecule has 0 aromatic carbocycles. The van der Waals surface area contributed by atoms with Crippen LogP contribution < -0.4 is 10.6 Å². The minimum Gasteiger partial charge on any atom is -0.480 e. The summed E-state index contributed by atoms with van der Waals surface area (Å²) in [5.41, 5.74) is 0. The molecule has 0 unspecified atom stereocenters. The van der Waals surface area contributed by atoms with Crippen LogP contribution in [0, 0.1) is 5.92 Å². The molecule has 0 aromatic rings. The van der Waals surface area contributed by atoms with Gasteiger partial charge in [-0.1, -0.05) is 13.8 Å². The van der Waals surface area contributed by atoms with E-state index in [0.29, 0.717) is 0 Å². The van der Waals surface area contributed by atoms with E-state index >= 15 is 0 Å². The molecule has 0 aromatic heterocycles. The van der Waals surface area contributed by atoms with Crippen LogP contribution in [0.2, 0.25) is 0 Å². The van der Waals surface area contributed by atoms with E-state index < -0.39 is 36.5 Å². The van der Waals surface area contributed by atoms with Crippen LogP contribution in [-0.4, -0.2) is 46.7 Å². The molecule has 0 spiro atoms. The van der Waals surface area contributed by atoms with Crippen LogP contribution in [0.4, 0.5) is 0 Å². The van der Waals surface area contributed by atoms with Crippen molar-refractivity contribution in [3.8, 4) is 0 Å². The Morgan fingerprint density at radius 3 is 2.00 bits per heavy atom. The van der Waals surface area contributed by atoms with Gasteiger partial charge in [0.05, 0.1) is 6.61 Å². The van der Waals surface area contributed by atoms with Crippen LogP contribution in [0.15, 0.2) is 0 Å². The first-order valence-electron chi connectivity index (χ1n) is 5.69. The lowest BCUT2D eigenvalue weighted by atomic mass is 10.0. The van der Waals surface area contributed by atoms with Crippen molar-refractivity contribution >= 4 is 17.8 Å². The van der Waals surface area contributed by atoms with Crippen molar-refractivity contribution in [2.75, 3.05) is 6.61 Å². The molecule has 0 aliphatic rings. The van der Waals surface area contributed by atoms with Crippen LogP contribution in [-0.2, 0) is 14.4 Å². The van der Waals surface area contributed by atoms with Crippen molar-refractivity contribution in [3.63, 3.8) is 0 Å². The Balaban J connectivity index is 4.56. The van der Waals surface area contributed by atoms with Gasteiger partial charge in [-0.05, 0) is 12.3 Å². The highest BCUT2D eigenvalue weighted by atomic mass is 16.4. The van der Waals surface area contributed by atoms with Crippen molar-refractivity contribution in [1.82, 2.24) is 10.6 Å². The fourth-order valence-corrected chi connectivity index (χ4v) is 1.40. The number of hydrogen-bond acceptors (Lipinski definition) is 4. The Morgan fingerprint density at radius 2 is 1.67 bits per heavy atom. The van der Waals surface area contributed by atoms with Gasteiger partial charge < -0.3 is 20.8 Å². The monoisotopic (exact) mass is 260 g/mol. The van der Waals surface area contributed by atoms with E-state index in [0.717, 1.165) is 0 Å². The topological polar surface area (TPSA) is 116 Å². The normalized spacial score (nSPS) is 13.8. The van der Waals surface area contributed by atoms with Gasteiger partial charge in [-0.25, -0.2) is 4.79 Å². The van der Waals surface area contributed by atoms with Crippen LogP contribution >= 0.6 is 0 Å². The lowest BCUT2D eigenvalue weighted by Gasteiger charge is -2.20. The largest absolute Gasteiger partial charge is 0.480 e. The molecule has 104 valence electrons. The Labute approximate surface area is 106 Å². The number of carboxylic acid groups (broad SMARTS) is 1. The van der Waals surface area contributed by atoms with Gasteiger partial charge in [0.15, 0.2) is 0 Å². The number of aliphatic hydroxyl groups is 1. The van der Waals surface area contributed by atoms with Crippen molar-refractivity contribution < 1.29 is 24.6 Å².